The van der Waals surface area contributed by atoms with Gasteiger partial charge in [0, 0.05) is 24.2 Å². The van der Waals surface area contributed by atoms with Gasteiger partial charge in [-0.3, -0.25) is 14.7 Å². The van der Waals surface area contributed by atoms with Crippen molar-refractivity contribution in [3.8, 4) is 22.7 Å². The molecule has 1 amide bonds. The molecule has 1 aromatic carbocycles. The van der Waals surface area contributed by atoms with Crippen molar-refractivity contribution in [1.82, 2.24) is 15.2 Å². The number of hydrogen-bond acceptors (Lipinski definition) is 12. The van der Waals surface area contributed by atoms with Gasteiger partial charge >= 0.3 is 17.6 Å². The number of aromatic nitrogens is 3. The Morgan fingerprint density at radius 1 is 1.25 bits per heavy atom. The van der Waals surface area contributed by atoms with Crippen LogP contribution < -0.4 is 10.6 Å². The van der Waals surface area contributed by atoms with E-state index in [1.807, 2.05) is 0 Å². The van der Waals surface area contributed by atoms with Crippen LogP contribution in [0.1, 0.15) is 13.3 Å². The van der Waals surface area contributed by atoms with Crippen molar-refractivity contribution in [2.75, 3.05) is 24.6 Å². The fraction of sp³-hybridized carbons (Fsp3) is 0.318. The number of nitrogens with zero attached hydrogens (tertiary/aromatic N) is 4. The first-order valence-electron chi connectivity index (χ1n) is 10.6. The Balaban J connectivity index is 0.000000546. The second-order valence-corrected chi connectivity index (χ2v) is 9.00. The maximum atomic E-state index is 14.8. The van der Waals surface area contributed by atoms with Crippen molar-refractivity contribution < 1.29 is 54.0 Å². The third-order valence-corrected chi connectivity index (χ3v) is 5.41. The van der Waals surface area contributed by atoms with E-state index in [1.54, 1.807) is 31.2 Å². The molecule has 3 aromatic rings. The standard InChI is InChI=1S/C20H18FN5O5.CHF3O3S.CH4/c1-11-24-25-19(30-11)17-5-2-12(8-23-17)15-4-3-13(6-16(15)21)26-9-14(31-20(26)28)10-29-18(27)7-22;2-1(3,4)8(5,6)7;/h2-6,8,14H,7,9-10,22H2,1H3;(H,5,6,7);1H4/p-1/t14-;;/m1../s1. The second-order valence-electron chi connectivity index (χ2n) is 7.63. The zero-order valence-corrected chi connectivity index (χ0v) is 20.5. The lowest BCUT2D eigenvalue weighted by molar-refractivity contribution is -0.144. The van der Waals surface area contributed by atoms with E-state index >= 15 is 0 Å². The predicted molar refractivity (Wildman–Crippen MR) is 128 cm³/mol. The van der Waals surface area contributed by atoms with Crippen LogP contribution in [0.15, 0.2) is 40.9 Å². The van der Waals surface area contributed by atoms with Gasteiger partial charge in [-0.05, 0) is 24.3 Å². The van der Waals surface area contributed by atoms with Crippen molar-refractivity contribution in [3.63, 3.8) is 0 Å². The number of aryl methyl sites for hydroxylation is 1. The van der Waals surface area contributed by atoms with Gasteiger partial charge in [0.2, 0.25) is 5.89 Å². The van der Waals surface area contributed by atoms with E-state index in [4.69, 9.17) is 32.6 Å². The smallest absolute Gasteiger partial charge is 0.485 e. The highest BCUT2D eigenvalue weighted by atomic mass is 32.2. The van der Waals surface area contributed by atoms with E-state index in [-0.39, 0.29) is 33.0 Å². The van der Waals surface area contributed by atoms with Crippen LogP contribution in [0.25, 0.3) is 22.7 Å². The Morgan fingerprint density at radius 3 is 2.42 bits per heavy atom. The Morgan fingerprint density at radius 2 is 1.93 bits per heavy atom. The van der Waals surface area contributed by atoms with Crippen molar-refractivity contribution >= 4 is 27.9 Å². The fourth-order valence-electron chi connectivity index (χ4n) is 3.05. The molecule has 1 saturated heterocycles. The summed E-state index contributed by atoms with van der Waals surface area (Å²) < 4.78 is 89.1. The molecule has 0 aliphatic carbocycles. The quantitative estimate of drug-likeness (QED) is 0.191. The molecule has 2 aromatic heterocycles. The van der Waals surface area contributed by atoms with E-state index in [0.29, 0.717) is 28.4 Å². The molecule has 1 aliphatic rings. The van der Waals surface area contributed by atoms with Gasteiger partial charge in [0.15, 0.2) is 16.2 Å². The Bertz CT molecular complexity index is 1450. The van der Waals surface area contributed by atoms with Gasteiger partial charge in [0.05, 0.1) is 18.8 Å². The maximum absolute atomic E-state index is 14.8. The van der Waals surface area contributed by atoms with E-state index < -0.39 is 39.6 Å². The lowest BCUT2D eigenvalue weighted by Gasteiger charge is -2.14. The molecule has 218 valence electrons. The summed E-state index contributed by atoms with van der Waals surface area (Å²) >= 11 is 0. The van der Waals surface area contributed by atoms with Crippen molar-refractivity contribution in [2.24, 2.45) is 5.73 Å². The first kappa shape index (κ1) is 32.1. The summed E-state index contributed by atoms with van der Waals surface area (Å²) in [7, 11) is -6.09. The number of benzene rings is 1. The molecule has 1 atom stereocenters. The summed E-state index contributed by atoms with van der Waals surface area (Å²) in [6, 6.07) is 7.73. The monoisotopic (exact) mass is 592 g/mol. The summed E-state index contributed by atoms with van der Waals surface area (Å²) in [6.45, 7) is 1.42. The lowest BCUT2D eigenvalue weighted by Crippen LogP contribution is -2.28. The highest BCUT2D eigenvalue weighted by Crippen LogP contribution is 2.30. The summed E-state index contributed by atoms with van der Waals surface area (Å²) in [6.07, 6.45) is 0.191. The van der Waals surface area contributed by atoms with Crippen molar-refractivity contribution in [3.05, 3.63) is 48.2 Å². The molecule has 0 saturated carbocycles. The van der Waals surface area contributed by atoms with Crippen molar-refractivity contribution in [1.29, 1.82) is 0 Å². The highest BCUT2D eigenvalue weighted by Gasteiger charge is 2.37. The molecule has 2 N–H and O–H groups in total. The number of halogens is 4. The number of rotatable bonds is 6. The zero-order chi connectivity index (χ0) is 29.0. The van der Waals surface area contributed by atoms with Crippen LogP contribution in [0.4, 0.5) is 28.0 Å². The first-order chi connectivity index (χ1) is 18.2. The van der Waals surface area contributed by atoms with Gasteiger partial charge in [0.25, 0.3) is 5.89 Å². The number of alkyl halides is 3. The molecule has 0 spiro atoms. The molecule has 0 radical (unpaired) electrons. The Hall–Kier alpha value is -4.16. The van der Waals surface area contributed by atoms with Crippen LogP contribution in [0.3, 0.4) is 0 Å². The number of anilines is 1. The number of ether oxygens (including phenoxy) is 2. The molecule has 0 unspecified atom stereocenters. The molecular formula is C22H22F4N5O8S-. The Labute approximate surface area is 224 Å². The molecular weight excluding hydrogens is 570 g/mol. The third kappa shape index (κ3) is 7.93. The van der Waals surface area contributed by atoms with Crippen LogP contribution in [0.2, 0.25) is 0 Å². The van der Waals surface area contributed by atoms with E-state index in [2.05, 4.69) is 15.2 Å². The molecule has 40 heavy (non-hydrogen) atoms. The predicted octanol–water partition coefficient (Wildman–Crippen LogP) is 2.76. The van der Waals surface area contributed by atoms with Crippen LogP contribution in [-0.2, 0) is 24.4 Å². The molecule has 4 rings (SSSR count). The zero-order valence-electron chi connectivity index (χ0n) is 19.7. The number of pyridine rings is 1. The number of amides is 1. The highest BCUT2D eigenvalue weighted by molar-refractivity contribution is 7.86. The molecule has 0 bridgehead atoms. The average Bonchev–Trinajstić information content (AvgIpc) is 3.47. The largest absolute Gasteiger partial charge is 0.741 e. The summed E-state index contributed by atoms with van der Waals surface area (Å²) in [5, 5.41) is 7.65. The normalized spacial score (nSPS) is 15.0. The number of esters is 1. The van der Waals surface area contributed by atoms with Gasteiger partial charge in [0.1, 0.15) is 18.1 Å². The van der Waals surface area contributed by atoms with Crippen LogP contribution in [0.5, 0.6) is 0 Å². The number of carbonyl (C=O) groups excluding carboxylic acids is 2. The minimum absolute atomic E-state index is 0. The molecule has 1 fully saturated rings. The van der Waals surface area contributed by atoms with Crippen LogP contribution >= 0.6 is 0 Å². The molecule has 13 nitrogen and oxygen atoms in total. The lowest BCUT2D eigenvalue weighted by atomic mass is 10.1. The topological polar surface area (TPSA) is 191 Å². The average molecular weight is 593 g/mol. The van der Waals surface area contributed by atoms with Crippen LogP contribution in [0, 0.1) is 12.7 Å². The summed E-state index contributed by atoms with van der Waals surface area (Å²) in [4.78, 5) is 28.8. The van der Waals surface area contributed by atoms with E-state index in [1.165, 1.54) is 17.2 Å². The SMILES string of the molecule is C.Cc1nnc(-c2ccc(-c3ccc(N4C[C@H](COC(=O)CN)OC4=O)cc3F)cn2)o1.O=S(=O)([O-])C(F)(F)F. The van der Waals surface area contributed by atoms with Gasteiger partial charge < -0.3 is 24.2 Å². The molecule has 1 aliphatic heterocycles. The number of carbonyl (C=O) groups is 2. The van der Waals surface area contributed by atoms with Gasteiger partial charge in [-0.2, -0.15) is 13.2 Å². The minimum atomic E-state index is -6.09. The van der Waals surface area contributed by atoms with Crippen LogP contribution in [-0.4, -0.2) is 71.5 Å². The molecule has 3 heterocycles. The second kappa shape index (κ2) is 12.8. The number of hydrogen-bond donors (Lipinski definition) is 1. The van der Waals surface area contributed by atoms with E-state index in [9.17, 15) is 27.2 Å². The fourth-order valence-corrected chi connectivity index (χ4v) is 3.05. The Kier molecular flexibility index (Phi) is 10.3. The number of cyclic esters (lactones) is 1. The number of nitrogens with two attached hydrogens (primary N) is 1. The summed E-state index contributed by atoms with van der Waals surface area (Å²) in [5.41, 5.74) is 1.18. The van der Waals surface area contributed by atoms with Gasteiger partial charge in [-0.1, -0.05) is 13.5 Å². The van der Waals surface area contributed by atoms with E-state index in [0.717, 1.165) is 0 Å². The maximum Gasteiger partial charge on any atom is 0.485 e. The summed E-state index contributed by atoms with van der Waals surface area (Å²) in [5.74, 6) is -0.438. The van der Waals surface area contributed by atoms with Gasteiger partial charge in [-0.15, -0.1) is 10.2 Å². The van der Waals surface area contributed by atoms with Gasteiger partial charge in [-0.25, -0.2) is 17.6 Å². The molecule has 18 heteroatoms. The third-order valence-electron chi connectivity index (χ3n) is 4.84. The first-order valence-corrected chi connectivity index (χ1v) is 12.0. The minimum Gasteiger partial charge on any atom is -0.741 e. The van der Waals surface area contributed by atoms with Crippen molar-refractivity contribution in [2.45, 2.75) is 26.0 Å².